The third kappa shape index (κ3) is 2.58. The molecule has 3 heteroatoms. The molecule has 0 spiro atoms. The van der Waals surface area contributed by atoms with Crippen molar-refractivity contribution >= 4 is 12.2 Å². The highest BCUT2D eigenvalue weighted by Crippen LogP contribution is 2.18. The topological polar surface area (TPSA) is 62.2 Å². The molecule has 3 nitrogen and oxygen atoms in total. The molecular weight excluding hydrogens is 210 g/mol. The van der Waals surface area contributed by atoms with Gasteiger partial charge in [-0.2, -0.15) is 0 Å². The van der Waals surface area contributed by atoms with E-state index in [1.165, 1.54) is 5.56 Å². The summed E-state index contributed by atoms with van der Waals surface area (Å²) in [5, 5.41) is 6.87. The van der Waals surface area contributed by atoms with Crippen molar-refractivity contribution in [1.29, 1.82) is 5.41 Å². The lowest BCUT2D eigenvalue weighted by molar-refractivity contribution is 1.47. The number of amidine groups is 1. The minimum Gasteiger partial charge on any atom is -0.383 e. The van der Waals surface area contributed by atoms with Crippen LogP contribution in [0.5, 0.6) is 0 Å². The van der Waals surface area contributed by atoms with Crippen molar-refractivity contribution in [3.05, 3.63) is 60.2 Å². The Morgan fingerprint density at radius 3 is 2.12 bits per heavy atom. The lowest BCUT2D eigenvalue weighted by Gasteiger charge is -2.03. The van der Waals surface area contributed by atoms with Crippen LogP contribution in [0.1, 0.15) is 5.56 Å². The van der Waals surface area contributed by atoms with Gasteiger partial charge in [-0.25, -0.2) is 4.99 Å². The van der Waals surface area contributed by atoms with Crippen LogP contribution < -0.4 is 5.73 Å². The van der Waals surface area contributed by atoms with Crippen LogP contribution in [0.3, 0.4) is 0 Å². The number of aliphatic imine (C=N–C) groups is 1. The lowest BCUT2D eigenvalue weighted by Crippen LogP contribution is -2.12. The third-order valence-electron chi connectivity index (χ3n) is 2.49. The first kappa shape index (κ1) is 11.1. The van der Waals surface area contributed by atoms with Gasteiger partial charge in [-0.1, -0.05) is 54.6 Å². The summed E-state index contributed by atoms with van der Waals surface area (Å²) in [5.41, 5.74) is 8.82. The number of hydrogen-bond donors (Lipinski definition) is 2. The molecule has 2 aromatic rings. The van der Waals surface area contributed by atoms with Crippen molar-refractivity contribution in [1.82, 2.24) is 0 Å². The first-order valence-electron chi connectivity index (χ1n) is 5.29. The summed E-state index contributed by atoms with van der Waals surface area (Å²) in [6, 6.07) is 17.9. The summed E-state index contributed by atoms with van der Waals surface area (Å²) in [7, 11) is 0. The number of rotatable bonds is 3. The Kier molecular flexibility index (Phi) is 3.31. The maximum absolute atomic E-state index is 6.87. The molecule has 0 aliphatic heterocycles. The molecule has 2 rings (SSSR count). The van der Waals surface area contributed by atoms with Crippen molar-refractivity contribution in [2.75, 3.05) is 0 Å². The van der Waals surface area contributed by atoms with Gasteiger partial charge in [-0.15, -0.1) is 0 Å². The molecule has 0 unspecified atom stereocenters. The molecule has 0 atom stereocenters. The Labute approximate surface area is 100 Å². The molecule has 3 N–H and O–H groups in total. The quantitative estimate of drug-likeness (QED) is 0.610. The van der Waals surface area contributed by atoms with E-state index in [-0.39, 0.29) is 0 Å². The Hall–Kier alpha value is -2.42. The van der Waals surface area contributed by atoms with Crippen molar-refractivity contribution in [3.63, 3.8) is 0 Å². The number of benzene rings is 2. The van der Waals surface area contributed by atoms with Crippen molar-refractivity contribution < 1.29 is 0 Å². The Bertz CT molecular complexity index is 527. The summed E-state index contributed by atoms with van der Waals surface area (Å²) < 4.78 is 0. The zero-order valence-corrected chi connectivity index (χ0v) is 9.30. The van der Waals surface area contributed by atoms with E-state index >= 15 is 0 Å². The van der Waals surface area contributed by atoms with Gasteiger partial charge in [0.1, 0.15) is 12.2 Å². The maximum atomic E-state index is 6.87. The van der Waals surface area contributed by atoms with E-state index in [2.05, 4.69) is 17.1 Å². The number of nitrogens with one attached hydrogen (secondary N) is 1. The predicted molar refractivity (Wildman–Crippen MR) is 71.4 cm³/mol. The van der Waals surface area contributed by atoms with Gasteiger partial charge < -0.3 is 5.73 Å². The molecule has 0 aliphatic rings. The first-order valence-corrected chi connectivity index (χ1v) is 5.29. The average Bonchev–Trinajstić information content (AvgIpc) is 2.40. The zero-order valence-electron chi connectivity index (χ0n) is 9.30. The van der Waals surface area contributed by atoms with Gasteiger partial charge in [0.2, 0.25) is 0 Å². The molecule has 0 aliphatic carbocycles. The van der Waals surface area contributed by atoms with E-state index in [9.17, 15) is 0 Å². The Morgan fingerprint density at radius 2 is 1.53 bits per heavy atom. The third-order valence-corrected chi connectivity index (χ3v) is 2.49. The zero-order chi connectivity index (χ0) is 12.1. The van der Waals surface area contributed by atoms with Crippen LogP contribution in [0, 0.1) is 5.41 Å². The lowest BCUT2D eigenvalue weighted by atomic mass is 10.0. The van der Waals surface area contributed by atoms with Crippen LogP contribution in [0.2, 0.25) is 0 Å². The van der Waals surface area contributed by atoms with Gasteiger partial charge in [-0.05, 0) is 11.1 Å². The minimum absolute atomic E-state index is 0.361. The summed E-state index contributed by atoms with van der Waals surface area (Å²) in [6.45, 7) is 0. The molecule has 2 aromatic carbocycles. The number of hydrogen-bond acceptors (Lipinski definition) is 1. The van der Waals surface area contributed by atoms with E-state index < -0.39 is 0 Å². The van der Waals surface area contributed by atoms with Crippen LogP contribution in [-0.2, 0) is 0 Å². The highest BCUT2D eigenvalue weighted by Gasteiger charge is 1.99. The van der Waals surface area contributed by atoms with Crippen LogP contribution in [0.15, 0.2) is 59.6 Å². The van der Waals surface area contributed by atoms with Crippen LogP contribution in [-0.4, -0.2) is 12.2 Å². The standard InChI is InChI=1S/C14H13N3/c15-10-17-14(16)13-8-6-12(7-9-13)11-4-2-1-3-5-11/h1-10H,(H3,15,16,17). The fourth-order valence-electron chi connectivity index (χ4n) is 1.61. The largest absolute Gasteiger partial charge is 0.383 e. The Morgan fingerprint density at radius 1 is 0.941 bits per heavy atom. The molecule has 17 heavy (non-hydrogen) atoms. The molecule has 0 saturated heterocycles. The normalized spacial score (nSPS) is 11.2. The first-order chi connectivity index (χ1) is 8.31. The predicted octanol–water partition coefficient (Wildman–Crippen LogP) is 2.67. The van der Waals surface area contributed by atoms with Gasteiger partial charge in [0, 0.05) is 5.56 Å². The second-order valence-electron chi connectivity index (χ2n) is 3.59. The molecule has 0 amide bonds. The van der Waals surface area contributed by atoms with Gasteiger partial charge in [0.25, 0.3) is 0 Å². The number of nitrogens with zero attached hydrogens (tertiary/aromatic N) is 1. The average molecular weight is 223 g/mol. The minimum atomic E-state index is 0.361. The highest BCUT2D eigenvalue weighted by molar-refractivity contribution is 6.01. The van der Waals surface area contributed by atoms with Crippen LogP contribution >= 0.6 is 0 Å². The smallest absolute Gasteiger partial charge is 0.132 e. The van der Waals surface area contributed by atoms with E-state index in [0.717, 1.165) is 17.5 Å². The monoisotopic (exact) mass is 223 g/mol. The summed E-state index contributed by atoms with van der Waals surface area (Å²) >= 11 is 0. The van der Waals surface area contributed by atoms with Crippen LogP contribution in [0.25, 0.3) is 11.1 Å². The SMILES string of the molecule is N=CN=C(N)c1ccc(-c2ccccc2)cc1. The van der Waals surface area contributed by atoms with Crippen LogP contribution in [0.4, 0.5) is 0 Å². The molecule has 0 saturated carbocycles. The van der Waals surface area contributed by atoms with Gasteiger partial charge in [-0.3, -0.25) is 5.41 Å². The molecule has 0 radical (unpaired) electrons. The van der Waals surface area contributed by atoms with Gasteiger partial charge in [0.05, 0.1) is 0 Å². The fourth-order valence-corrected chi connectivity index (χ4v) is 1.61. The molecule has 84 valence electrons. The van der Waals surface area contributed by atoms with E-state index in [1.54, 1.807) is 0 Å². The molecule has 0 fully saturated rings. The van der Waals surface area contributed by atoms with E-state index in [4.69, 9.17) is 11.1 Å². The maximum Gasteiger partial charge on any atom is 0.132 e. The molecule has 0 aromatic heterocycles. The van der Waals surface area contributed by atoms with Gasteiger partial charge >= 0.3 is 0 Å². The highest BCUT2D eigenvalue weighted by atomic mass is 14.9. The molecule has 0 heterocycles. The molecular formula is C14H13N3. The fraction of sp³-hybridized carbons (Fsp3) is 0. The van der Waals surface area contributed by atoms with Gasteiger partial charge in [0.15, 0.2) is 0 Å². The number of nitrogens with two attached hydrogens (primary N) is 1. The molecule has 0 bridgehead atoms. The summed E-state index contributed by atoms with van der Waals surface area (Å²) in [4.78, 5) is 3.73. The van der Waals surface area contributed by atoms with E-state index in [1.807, 2.05) is 42.5 Å². The second-order valence-corrected chi connectivity index (χ2v) is 3.59. The second kappa shape index (κ2) is 5.07. The van der Waals surface area contributed by atoms with Crippen molar-refractivity contribution in [3.8, 4) is 11.1 Å². The van der Waals surface area contributed by atoms with E-state index in [0.29, 0.717) is 5.84 Å². The van der Waals surface area contributed by atoms with Crippen molar-refractivity contribution in [2.45, 2.75) is 0 Å². The summed E-state index contributed by atoms with van der Waals surface area (Å²) in [6.07, 6.45) is 0.945. The Balaban J connectivity index is 2.31. The van der Waals surface area contributed by atoms with Crippen molar-refractivity contribution in [2.24, 2.45) is 10.7 Å². The summed E-state index contributed by atoms with van der Waals surface area (Å²) in [5.74, 6) is 0.361.